The van der Waals surface area contributed by atoms with Gasteiger partial charge in [0.1, 0.15) is 17.6 Å². The van der Waals surface area contributed by atoms with Crippen LogP contribution >= 0.6 is 11.6 Å². The highest BCUT2D eigenvalue weighted by molar-refractivity contribution is 6.31. The van der Waals surface area contributed by atoms with Gasteiger partial charge in [-0.15, -0.1) is 0 Å². The maximum Gasteiger partial charge on any atom is 0.258 e. The molecule has 2 aromatic rings. The Morgan fingerprint density at radius 1 is 1.28 bits per heavy atom. The molecule has 0 N–H and O–H groups in total. The molecule has 2 amide bonds. The second-order valence-electron chi connectivity index (χ2n) is 6.98. The van der Waals surface area contributed by atoms with Gasteiger partial charge in [-0.1, -0.05) is 23.7 Å². The number of nitrogens with zero attached hydrogens (tertiary/aromatic N) is 2. The molecule has 1 aliphatic heterocycles. The van der Waals surface area contributed by atoms with Crippen molar-refractivity contribution in [1.29, 1.82) is 0 Å². The van der Waals surface area contributed by atoms with Crippen molar-refractivity contribution in [2.24, 2.45) is 0 Å². The lowest BCUT2D eigenvalue weighted by atomic mass is 10.1. The molecule has 1 atom stereocenters. The number of carbonyl (C=O) groups excluding carboxylic acids is 2. The van der Waals surface area contributed by atoms with Gasteiger partial charge in [-0.2, -0.15) is 0 Å². The van der Waals surface area contributed by atoms with Crippen LogP contribution < -0.4 is 4.74 Å². The molecule has 1 heterocycles. The molecule has 0 unspecified atom stereocenters. The van der Waals surface area contributed by atoms with Crippen LogP contribution in [0.3, 0.4) is 0 Å². The number of rotatable bonds is 6. The first-order valence-electron chi connectivity index (χ1n) is 9.62. The predicted molar refractivity (Wildman–Crippen MR) is 110 cm³/mol. The summed E-state index contributed by atoms with van der Waals surface area (Å²) in [6.45, 7) is 3.13. The number of amides is 2. The topological polar surface area (TPSA) is 49.9 Å². The van der Waals surface area contributed by atoms with Gasteiger partial charge in [0.15, 0.2) is 0 Å². The highest BCUT2D eigenvalue weighted by Gasteiger charge is 2.37. The van der Waals surface area contributed by atoms with Crippen molar-refractivity contribution in [3.63, 3.8) is 0 Å². The average molecular weight is 419 g/mol. The highest BCUT2D eigenvalue weighted by Crippen LogP contribution is 2.28. The minimum absolute atomic E-state index is 0.136. The van der Waals surface area contributed by atoms with Crippen molar-refractivity contribution in [3.05, 3.63) is 64.4 Å². The standard InChI is InChI=1S/C22H24ClFN2O3/c1-3-25(14-15-6-4-7-17(24)12-15)22(28)19-8-5-11-26(19)21(27)18-13-16(23)9-10-20(18)29-2/h4,6-7,9-10,12-13,19H,3,5,8,11,14H2,1-2H3/t19-/m0/s1. The molecule has 0 bridgehead atoms. The first-order chi connectivity index (χ1) is 13.9. The number of methoxy groups -OCH3 is 1. The highest BCUT2D eigenvalue weighted by atomic mass is 35.5. The zero-order valence-electron chi connectivity index (χ0n) is 16.5. The van der Waals surface area contributed by atoms with Crippen LogP contribution in [0.5, 0.6) is 5.75 Å². The monoisotopic (exact) mass is 418 g/mol. The van der Waals surface area contributed by atoms with Crippen molar-refractivity contribution >= 4 is 23.4 Å². The van der Waals surface area contributed by atoms with Gasteiger partial charge in [0.2, 0.25) is 5.91 Å². The Morgan fingerprint density at radius 3 is 2.76 bits per heavy atom. The van der Waals surface area contributed by atoms with E-state index < -0.39 is 6.04 Å². The number of likely N-dealkylation sites (N-methyl/N-ethyl adjacent to an activating group) is 1. The average Bonchev–Trinajstić information content (AvgIpc) is 3.21. The van der Waals surface area contributed by atoms with Gasteiger partial charge in [0.05, 0.1) is 12.7 Å². The molecule has 2 aromatic carbocycles. The minimum Gasteiger partial charge on any atom is -0.496 e. The Labute approximate surface area is 175 Å². The van der Waals surface area contributed by atoms with Gasteiger partial charge in [-0.3, -0.25) is 9.59 Å². The number of likely N-dealkylation sites (tertiary alicyclic amines) is 1. The van der Waals surface area contributed by atoms with Gasteiger partial charge in [-0.05, 0) is 55.7 Å². The lowest BCUT2D eigenvalue weighted by Crippen LogP contribution is -2.47. The van der Waals surface area contributed by atoms with E-state index in [0.29, 0.717) is 48.0 Å². The van der Waals surface area contributed by atoms with Crippen LogP contribution in [0.15, 0.2) is 42.5 Å². The van der Waals surface area contributed by atoms with Gasteiger partial charge in [-0.25, -0.2) is 4.39 Å². The Balaban J connectivity index is 1.81. The number of halogens is 2. The molecular formula is C22H24ClFN2O3. The molecule has 7 heteroatoms. The van der Waals surface area contributed by atoms with Crippen LogP contribution in [-0.4, -0.2) is 47.9 Å². The fourth-order valence-electron chi connectivity index (χ4n) is 3.68. The van der Waals surface area contributed by atoms with E-state index in [0.717, 1.165) is 6.42 Å². The van der Waals surface area contributed by atoms with E-state index in [-0.39, 0.29) is 17.6 Å². The predicted octanol–water partition coefficient (Wildman–Crippen LogP) is 4.14. The van der Waals surface area contributed by atoms with E-state index in [1.54, 1.807) is 40.1 Å². The van der Waals surface area contributed by atoms with Gasteiger partial charge < -0.3 is 14.5 Å². The molecule has 1 aliphatic rings. The summed E-state index contributed by atoms with van der Waals surface area (Å²) < 4.78 is 18.8. The fraction of sp³-hybridized carbons (Fsp3) is 0.364. The van der Waals surface area contributed by atoms with Crippen molar-refractivity contribution in [2.75, 3.05) is 20.2 Å². The smallest absolute Gasteiger partial charge is 0.258 e. The van der Waals surface area contributed by atoms with E-state index in [4.69, 9.17) is 16.3 Å². The number of benzene rings is 2. The third-order valence-electron chi connectivity index (χ3n) is 5.15. The summed E-state index contributed by atoms with van der Waals surface area (Å²) in [5.74, 6) is -0.327. The Bertz CT molecular complexity index is 905. The molecule has 5 nitrogen and oxygen atoms in total. The van der Waals surface area contributed by atoms with Crippen molar-refractivity contribution in [3.8, 4) is 5.75 Å². The van der Waals surface area contributed by atoms with Crippen LogP contribution in [0, 0.1) is 5.82 Å². The van der Waals surface area contributed by atoms with E-state index in [9.17, 15) is 14.0 Å². The Kier molecular flexibility index (Phi) is 6.75. The summed E-state index contributed by atoms with van der Waals surface area (Å²) in [5, 5.41) is 0.428. The van der Waals surface area contributed by atoms with Crippen molar-refractivity contribution < 1.29 is 18.7 Å². The number of hydrogen-bond donors (Lipinski definition) is 0. The molecule has 0 spiro atoms. The number of carbonyl (C=O) groups is 2. The quantitative estimate of drug-likeness (QED) is 0.708. The number of ether oxygens (including phenoxy) is 1. The minimum atomic E-state index is -0.556. The van der Waals surface area contributed by atoms with E-state index in [2.05, 4.69) is 0 Å². The summed E-state index contributed by atoms with van der Waals surface area (Å²) in [4.78, 5) is 29.6. The normalized spacial score (nSPS) is 16.0. The third-order valence-corrected chi connectivity index (χ3v) is 5.38. The Morgan fingerprint density at radius 2 is 2.07 bits per heavy atom. The lowest BCUT2D eigenvalue weighted by Gasteiger charge is -2.30. The maximum atomic E-state index is 13.5. The first kappa shape index (κ1) is 21.1. The van der Waals surface area contributed by atoms with Crippen molar-refractivity contribution in [2.45, 2.75) is 32.4 Å². The van der Waals surface area contributed by atoms with Crippen LogP contribution in [0.25, 0.3) is 0 Å². The zero-order chi connectivity index (χ0) is 21.0. The Hall–Kier alpha value is -2.60. The van der Waals surface area contributed by atoms with Crippen LogP contribution in [-0.2, 0) is 11.3 Å². The van der Waals surface area contributed by atoms with Crippen LogP contribution in [0.2, 0.25) is 5.02 Å². The molecule has 0 radical (unpaired) electrons. The molecular weight excluding hydrogens is 395 g/mol. The zero-order valence-corrected chi connectivity index (χ0v) is 17.3. The summed E-state index contributed by atoms with van der Waals surface area (Å²) in [7, 11) is 1.49. The van der Waals surface area contributed by atoms with E-state index >= 15 is 0 Å². The lowest BCUT2D eigenvalue weighted by molar-refractivity contribution is -0.135. The maximum absolute atomic E-state index is 13.5. The first-order valence-corrected chi connectivity index (χ1v) is 10.00. The van der Waals surface area contributed by atoms with Crippen LogP contribution in [0.4, 0.5) is 4.39 Å². The van der Waals surface area contributed by atoms with Crippen molar-refractivity contribution in [1.82, 2.24) is 9.80 Å². The second-order valence-corrected chi connectivity index (χ2v) is 7.42. The third kappa shape index (κ3) is 4.70. The van der Waals surface area contributed by atoms with Crippen LogP contribution in [0.1, 0.15) is 35.7 Å². The number of hydrogen-bond acceptors (Lipinski definition) is 3. The molecule has 3 rings (SSSR count). The SMILES string of the molecule is CCN(Cc1cccc(F)c1)C(=O)[C@@H]1CCCN1C(=O)c1cc(Cl)ccc1OC. The summed E-state index contributed by atoms with van der Waals surface area (Å²) in [6.07, 6.45) is 1.33. The summed E-state index contributed by atoms with van der Waals surface area (Å²) in [6, 6.07) is 10.5. The van der Waals surface area contributed by atoms with Gasteiger partial charge >= 0.3 is 0 Å². The summed E-state index contributed by atoms with van der Waals surface area (Å²) in [5.41, 5.74) is 1.06. The molecule has 1 saturated heterocycles. The fourth-order valence-corrected chi connectivity index (χ4v) is 3.85. The molecule has 1 fully saturated rings. The molecule has 0 aliphatic carbocycles. The second kappa shape index (κ2) is 9.27. The molecule has 29 heavy (non-hydrogen) atoms. The summed E-state index contributed by atoms with van der Waals surface area (Å²) >= 11 is 6.07. The molecule has 154 valence electrons. The molecule has 0 aromatic heterocycles. The van der Waals surface area contributed by atoms with Gasteiger partial charge in [0.25, 0.3) is 5.91 Å². The van der Waals surface area contributed by atoms with Gasteiger partial charge in [0, 0.05) is 24.7 Å². The van der Waals surface area contributed by atoms with E-state index in [1.165, 1.54) is 19.2 Å². The van der Waals surface area contributed by atoms with E-state index in [1.807, 2.05) is 6.92 Å². The molecule has 0 saturated carbocycles. The largest absolute Gasteiger partial charge is 0.496 e.